The van der Waals surface area contributed by atoms with E-state index in [2.05, 4.69) is 44.7 Å². The summed E-state index contributed by atoms with van der Waals surface area (Å²) in [5, 5.41) is 11.0. The molecule has 1 aliphatic heterocycles. The summed E-state index contributed by atoms with van der Waals surface area (Å²) in [6.45, 7) is 1.98. The Bertz CT molecular complexity index is 925. The molecule has 1 amide bonds. The van der Waals surface area contributed by atoms with Crippen LogP contribution in [0, 0.1) is 0 Å². The Labute approximate surface area is 153 Å². The number of rotatable bonds is 4. The van der Waals surface area contributed by atoms with Gasteiger partial charge in [0.25, 0.3) is 5.91 Å². The van der Waals surface area contributed by atoms with Crippen molar-refractivity contribution in [2.75, 3.05) is 13.6 Å². The Morgan fingerprint density at radius 2 is 2.19 bits per heavy atom. The molecular formula is C20H25N5O. The first-order valence-electron chi connectivity index (χ1n) is 9.21. The molecule has 26 heavy (non-hydrogen) atoms. The van der Waals surface area contributed by atoms with Gasteiger partial charge in [-0.2, -0.15) is 5.10 Å². The molecule has 3 heterocycles. The van der Waals surface area contributed by atoms with Crippen LogP contribution in [0.3, 0.4) is 0 Å². The van der Waals surface area contributed by atoms with E-state index in [0.717, 1.165) is 30.4 Å². The monoisotopic (exact) mass is 351 g/mol. The number of hydrogen-bond acceptors (Lipinski definition) is 3. The highest BCUT2D eigenvalue weighted by Crippen LogP contribution is 2.33. The highest BCUT2D eigenvalue weighted by Gasteiger charge is 2.27. The summed E-state index contributed by atoms with van der Waals surface area (Å²) >= 11 is 0. The second-order valence-electron chi connectivity index (χ2n) is 7.06. The molecule has 6 heteroatoms. The summed E-state index contributed by atoms with van der Waals surface area (Å²) in [5.41, 5.74) is 4.30. The van der Waals surface area contributed by atoms with Crippen molar-refractivity contribution in [3.8, 4) is 0 Å². The minimum Gasteiger partial charge on any atom is -0.354 e. The molecule has 1 aliphatic rings. The van der Waals surface area contributed by atoms with Crippen molar-refractivity contribution < 1.29 is 4.79 Å². The van der Waals surface area contributed by atoms with Crippen molar-refractivity contribution in [3.63, 3.8) is 0 Å². The first-order chi connectivity index (χ1) is 12.7. The number of benzene rings is 1. The molecule has 2 aromatic heterocycles. The number of aromatic nitrogens is 3. The van der Waals surface area contributed by atoms with Gasteiger partial charge in [0.05, 0.1) is 17.8 Å². The average molecular weight is 351 g/mol. The number of carbonyl (C=O) groups excluding carboxylic acids is 1. The zero-order valence-corrected chi connectivity index (χ0v) is 15.3. The Hall–Kier alpha value is -2.60. The number of fused-ring (bicyclic) bond motifs is 1. The number of piperidine rings is 1. The quantitative estimate of drug-likeness (QED) is 0.759. The Morgan fingerprint density at radius 1 is 1.31 bits per heavy atom. The van der Waals surface area contributed by atoms with E-state index in [4.69, 9.17) is 0 Å². The van der Waals surface area contributed by atoms with E-state index in [-0.39, 0.29) is 5.91 Å². The summed E-state index contributed by atoms with van der Waals surface area (Å²) in [7, 11) is 3.66. The van der Waals surface area contributed by atoms with Crippen LogP contribution in [0.25, 0.3) is 10.9 Å². The molecule has 6 nitrogen and oxygen atoms in total. The number of nitrogens with one attached hydrogen (secondary N) is 2. The third-order valence-corrected chi connectivity index (χ3v) is 5.47. The van der Waals surface area contributed by atoms with Crippen molar-refractivity contribution in [3.05, 3.63) is 53.5 Å². The Kier molecular flexibility index (Phi) is 4.51. The van der Waals surface area contributed by atoms with Crippen LogP contribution in [-0.4, -0.2) is 39.2 Å². The van der Waals surface area contributed by atoms with Crippen LogP contribution in [0.1, 0.15) is 47.1 Å². The van der Waals surface area contributed by atoms with Crippen molar-refractivity contribution in [1.29, 1.82) is 0 Å². The van der Waals surface area contributed by atoms with Gasteiger partial charge < -0.3 is 9.88 Å². The highest BCUT2D eigenvalue weighted by molar-refractivity contribution is 5.92. The summed E-state index contributed by atoms with van der Waals surface area (Å²) < 4.78 is 2.04. The van der Waals surface area contributed by atoms with Crippen molar-refractivity contribution in [1.82, 2.24) is 25.0 Å². The molecule has 1 atom stereocenters. The third kappa shape index (κ3) is 3.01. The van der Waals surface area contributed by atoms with E-state index in [1.165, 1.54) is 24.1 Å². The first kappa shape index (κ1) is 16.8. The van der Waals surface area contributed by atoms with Gasteiger partial charge in [0, 0.05) is 31.7 Å². The second-order valence-corrected chi connectivity index (χ2v) is 7.06. The zero-order chi connectivity index (χ0) is 18.1. The number of likely N-dealkylation sites (tertiary alicyclic amines) is 1. The van der Waals surface area contributed by atoms with Gasteiger partial charge in [0.15, 0.2) is 0 Å². The van der Waals surface area contributed by atoms with Crippen LogP contribution >= 0.6 is 0 Å². The van der Waals surface area contributed by atoms with Crippen LogP contribution in [0.4, 0.5) is 0 Å². The minimum atomic E-state index is -0.0363. The summed E-state index contributed by atoms with van der Waals surface area (Å²) in [5.74, 6) is -0.0363. The fraction of sp³-hybridized carbons (Fsp3) is 0.400. The minimum absolute atomic E-state index is 0.0363. The van der Waals surface area contributed by atoms with Gasteiger partial charge in [-0.3, -0.25) is 14.8 Å². The van der Waals surface area contributed by atoms with Crippen molar-refractivity contribution in [2.45, 2.75) is 31.8 Å². The van der Waals surface area contributed by atoms with Gasteiger partial charge in [-0.1, -0.05) is 18.6 Å². The summed E-state index contributed by atoms with van der Waals surface area (Å²) in [6.07, 6.45) is 5.42. The number of hydrogen-bond donors (Lipinski definition) is 2. The average Bonchev–Trinajstić information content (AvgIpc) is 3.28. The summed E-state index contributed by atoms with van der Waals surface area (Å²) in [4.78, 5) is 14.6. The molecule has 1 saturated heterocycles. The van der Waals surface area contributed by atoms with Gasteiger partial charge in [-0.05, 0) is 43.1 Å². The molecule has 1 aromatic carbocycles. The number of carbonyl (C=O) groups is 1. The van der Waals surface area contributed by atoms with Gasteiger partial charge in [-0.15, -0.1) is 0 Å². The predicted octanol–water partition coefficient (Wildman–Crippen LogP) is 2.99. The lowest BCUT2D eigenvalue weighted by Gasteiger charge is -2.36. The van der Waals surface area contributed by atoms with Gasteiger partial charge in [0.2, 0.25) is 0 Å². The summed E-state index contributed by atoms with van der Waals surface area (Å²) in [6, 6.07) is 10.9. The van der Waals surface area contributed by atoms with Crippen molar-refractivity contribution >= 4 is 16.8 Å². The lowest BCUT2D eigenvalue weighted by Crippen LogP contribution is -2.34. The number of H-pyrrole nitrogens is 1. The predicted molar refractivity (Wildman–Crippen MR) is 102 cm³/mol. The van der Waals surface area contributed by atoms with Crippen LogP contribution in [0.5, 0.6) is 0 Å². The SMILES string of the molecule is CNC(=O)c1ccc(C2CCCCN2Cc2ccc3cn[nH]c3c2)n1C. The molecule has 1 fully saturated rings. The van der Waals surface area contributed by atoms with Gasteiger partial charge >= 0.3 is 0 Å². The van der Waals surface area contributed by atoms with Crippen LogP contribution in [0.2, 0.25) is 0 Å². The van der Waals surface area contributed by atoms with Gasteiger partial charge in [0.1, 0.15) is 5.69 Å². The number of aromatic amines is 1. The van der Waals surface area contributed by atoms with Crippen LogP contribution in [0.15, 0.2) is 36.5 Å². The highest BCUT2D eigenvalue weighted by atomic mass is 16.1. The van der Waals surface area contributed by atoms with E-state index in [0.29, 0.717) is 11.7 Å². The topological polar surface area (TPSA) is 66.0 Å². The molecule has 2 N–H and O–H groups in total. The molecule has 136 valence electrons. The number of nitrogens with zero attached hydrogens (tertiary/aromatic N) is 3. The lowest BCUT2D eigenvalue weighted by molar-refractivity contribution is 0.0952. The Balaban J connectivity index is 1.60. The van der Waals surface area contributed by atoms with E-state index in [9.17, 15) is 4.79 Å². The molecule has 0 bridgehead atoms. The molecule has 0 saturated carbocycles. The Morgan fingerprint density at radius 3 is 3.04 bits per heavy atom. The molecule has 0 radical (unpaired) electrons. The molecule has 0 spiro atoms. The van der Waals surface area contributed by atoms with E-state index in [1.807, 2.05) is 23.9 Å². The number of amides is 1. The smallest absolute Gasteiger partial charge is 0.267 e. The maximum atomic E-state index is 12.0. The normalized spacial score (nSPS) is 18.3. The van der Waals surface area contributed by atoms with Crippen LogP contribution in [-0.2, 0) is 13.6 Å². The van der Waals surface area contributed by atoms with Gasteiger partial charge in [-0.25, -0.2) is 0 Å². The third-order valence-electron chi connectivity index (χ3n) is 5.47. The van der Waals surface area contributed by atoms with Crippen LogP contribution < -0.4 is 5.32 Å². The molecule has 3 aromatic rings. The maximum Gasteiger partial charge on any atom is 0.267 e. The molecule has 0 aliphatic carbocycles. The second kappa shape index (κ2) is 6.96. The first-order valence-corrected chi connectivity index (χ1v) is 9.21. The molecule has 1 unspecified atom stereocenters. The van der Waals surface area contributed by atoms with Crippen molar-refractivity contribution in [2.24, 2.45) is 7.05 Å². The maximum absolute atomic E-state index is 12.0. The fourth-order valence-corrected chi connectivity index (χ4v) is 4.05. The largest absolute Gasteiger partial charge is 0.354 e. The van der Waals surface area contributed by atoms with E-state index >= 15 is 0 Å². The zero-order valence-electron chi connectivity index (χ0n) is 15.3. The van der Waals surface area contributed by atoms with E-state index < -0.39 is 0 Å². The standard InChI is InChI=1S/C20H25N5O/c1-21-20(26)19-9-8-17(24(19)2)18-5-3-4-10-25(18)13-14-6-7-15-12-22-23-16(15)11-14/h6-9,11-12,18H,3-5,10,13H2,1-2H3,(H,21,26)(H,22,23). The lowest BCUT2D eigenvalue weighted by atomic mass is 9.98. The molecule has 4 rings (SSSR count). The van der Waals surface area contributed by atoms with E-state index in [1.54, 1.807) is 7.05 Å². The molecular weight excluding hydrogens is 326 g/mol. The fourth-order valence-electron chi connectivity index (χ4n) is 4.05.